The van der Waals surface area contributed by atoms with E-state index >= 15 is 0 Å². The molecule has 0 saturated heterocycles. The molecule has 0 atom stereocenters. The zero-order valence-corrected chi connectivity index (χ0v) is 17.0. The van der Waals surface area contributed by atoms with E-state index in [0.29, 0.717) is 22.5 Å². The Morgan fingerprint density at radius 3 is 2.59 bits per heavy atom. The van der Waals surface area contributed by atoms with Gasteiger partial charge in [-0.05, 0) is 36.4 Å². The zero-order chi connectivity index (χ0) is 22.7. The third kappa shape index (κ3) is 4.38. The second-order valence-corrected chi connectivity index (χ2v) is 6.92. The first-order valence-electron chi connectivity index (χ1n) is 9.60. The molecule has 10 heteroatoms. The van der Waals surface area contributed by atoms with Crippen LogP contribution in [0.4, 0.5) is 10.1 Å². The molecule has 0 aliphatic rings. The van der Waals surface area contributed by atoms with Gasteiger partial charge in [0.15, 0.2) is 18.1 Å². The smallest absolute Gasteiger partial charge is 0.326 e. The molecule has 0 spiro atoms. The molecule has 0 aliphatic heterocycles. The van der Waals surface area contributed by atoms with Crippen LogP contribution < -0.4 is 10.9 Å². The summed E-state index contributed by atoms with van der Waals surface area (Å²) < 4.78 is 20.9. The molecular weight excluding hydrogens is 417 g/mol. The summed E-state index contributed by atoms with van der Waals surface area (Å²) in [7, 11) is 1.73. The number of aryl methyl sites for hydroxylation is 1. The van der Waals surface area contributed by atoms with Crippen molar-refractivity contribution in [3.63, 3.8) is 0 Å². The Bertz CT molecular complexity index is 1360. The zero-order valence-electron chi connectivity index (χ0n) is 17.0. The van der Waals surface area contributed by atoms with Crippen molar-refractivity contribution < 1.29 is 18.7 Å². The van der Waals surface area contributed by atoms with E-state index in [1.807, 2.05) is 0 Å². The number of ether oxygens (including phenoxy) is 1. The van der Waals surface area contributed by atoms with Gasteiger partial charge in [-0.15, -0.1) is 0 Å². The van der Waals surface area contributed by atoms with E-state index in [0.717, 1.165) is 0 Å². The molecule has 32 heavy (non-hydrogen) atoms. The van der Waals surface area contributed by atoms with Gasteiger partial charge in [0.05, 0.1) is 11.0 Å². The lowest BCUT2D eigenvalue weighted by Gasteiger charge is -2.12. The Kier molecular flexibility index (Phi) is 5.75. The SMILES string of the molecule is Cn1ccnc1-c1nc2ccccc2n(CC(=O)OCC(=O)Nc2ccc(F)cc2)c1=O. The Balaban J connectivity index is 1.53. The quantitative estimate of drug-likeness (QED) is 0.465. The number of benzene rings is 2. The lowest BCUT2D eigenvalue weighted by Crippen LogP contribution is -2.30. The van der Waals surface area contributed by atoms with E-state index < -0.39 is 36.4 Å². The number of fused-ring (bicyclic) bond motifs is 1. The van der Waals surface area contributed by atoms with Gasteiger partial charge in [-0.25, -0.2) is 14.4 Å². The number of aromatic nitrogens is 4. The van der Waals surface area contributed by atoms with Gasteiger partial charge in [0.2, 0.25) is 0 Å². The number of carbonyl (C=O) groups is 2. The first kappa shape index (κ1) is 20.9. The monoisotopic (exact) mass is 435 g/mol. The maximum absolute atomic E-state index is 13.1. The van der Waals surface area contributed by atoms with Crippen molar-refractivity contribution in [1.82, 2.24) is 19.1 Å². The van der Waals surface area contributed by atoms with E-state index in [1.54, 1.807) is 48.3 Å². The van der Waals surface area contributed by atoms with Crippen LogP contribution in [0.3, 0.4) is 0 Å². The molecule has 1 amide bonds. The fraction of sp³-hybridized carbons (Fsp3) is 0.136. The van der Waals surface area contributed by atoms with E-state index in [9.17, 15) is 18.8 Å². The van der Waals surface area contributed by atoms with Crippen LogP contribution in [0.15, 0.2) is 65.7 Å². The molecule has 162 valence electrons. The minimum Gasteiger partial charge on any atom is -0.454 e. The fourth-order valence-corrected chi connectivity index (χ4v) is 3.14. The predicted octanol–water partition coefficient (Wildman–Crippen LogP) is 2.12. The van der Waals surface area contributed by atoms with Gasteiger partial charge in [-0.2, -0.15) is 0 Å². The summed E-state index contributed by atoms with van der Waals surface area (Å²) in [6, 6.07) is 12.0. The molecule has 9 nitrogen and oxygen atoms in total. The Labute approximate surface area is 181 Å². The highest BCUT2D eigenvalue weighted by Crippen LogP contribution is 2.16. The topological polar surface area (TPSA) is 108 Å². The summed E-state index contributed by atoms with van der Waals surface area (Å²) in [5.41, 5.74) is 0.905. The Hall–Kier alpha value is -4.34. The van der Waals surface area contributed by atoms with Crippen molar-refractivity contribution in [1.29, 1.82) is 0 Å². The van der Waals surface area contributed by atoms with Crippen molar-refractivity contribution in [2.75, 3.05) is 11.9 Å². The minimum absolute atomic E-state index is 0.0954. The van der Waals surface area contributed by atoms with Gasteiger partial charge in [-0.3, -0.25) is 19.0 Å². The largest absolute Gasteiger partial charge is 0.454 e. The van der Waals surface area contributed by atoms with Crippen LogP contribution in [-0.2, 0) is 27.9 Å². The molecule has 0 radical (unpaired) electrons. The molecule has 2 heterocycles. The number of nitrogens with zero attached hydrogens (tertiary/aromatic N) is 4. The van der Waals surface area contributed by atoms with Gasteiger partial charge >= 0.3 is 5.97 Å². The van der Waals surface area contributed by atoms with Crippen molar-refractivity contribution in [3.05, 3.63) is 77.1 Å². The van der Waals surface area contributed by atoms with Crippen molar-refractivity contribution in [3.8, 4) is 11.5 Å². The molecule has 4 rings (SSSR count). The van der Waals surface area contributed by atoms with Crippen LogP contribution in [0.2, 0.25) is 0 Å². The molecule has 0 unspecified atom stereocenters. The normalized spacial score (nSPS) is 10.8. The van der Waals surface area contributed by atoms with Gasteiger partial charge in [0, 0.05) is 25.1 Å². The molecule has 4 aromatic rings. The molecule has 0 saturated carbocycles. The predicted molar refractivity (Wildman–Crippen MR) is 114 cm³/mol. The van der Waals surface area contributed by atoms with Gasteiger partial charge in [-0.1, -0.05) is 12.1 Å². The number of esters is 1. The summed E-state index contributed by atoms with van der Waals surface area (Å²) in [5, 5.41) is 2.49. The van der Waals surface area contributed by atoms with Crippen LogP contribution in [0.1, 0.15) is 0 Å². The van der Waals surface area contributed by atoms with Crippen LogP contribution >= 0.6 is 0 Å². The van der Waals surface area contributed by atoms with Crippen molar-refractivity contribution in [2.45, 2.75) is 6.54 Å². The number of carbonyl (C=O) groups excluding carboxylic acids is 2. The van der Waals surface area contributed by atoms with E-state index in [2.05, 4.69) is 15.3 Å². The van der Waals surface area contributed by atoms with Crippen LogP contribution in [0.5, 0.6) is 0 Å². The maximum Gasteiger partial charge on any atom is 0.326 e. The fourth-order valence-electron chi connectivity index (χ4n) is 3.14. The molecular formula is C22H18FN5O4. The number of hydrogen-bond acceptors (Lipinski definition) is 6. The summed E-state index contributed by atoms with van der Waals surface area (Å²) in [6.45, 7) is -0.969. The first-order chi connectivity index (χ1) is 15.4. The summed E-state index contributed by atoms with van der Waals surface area (Å²) >= 11 is 0. The van der Waals surface area contributed by atoms with Crippen molar-refractivity contribution >= 4 is 28.6 Å². The highest BCUT2D eigenvalue weighted by Gasteiger charge is 2.18. The number of para-hydroxylation sites is 2. The van der Waals surface area contributed by atoms with Crippen molar-refractivity contribution in [2.24, 2.45) is 7.05 Å². The summed E-state index contributed by atoms with van der Waals surface area (Å²) in [5.74, 6) is -1.44. The molecule has 2 aromatic carbocycles. The lowest BCUT2D eigenvalue weighted by molar-refractivity contribution is -0.147. The standard InChI is InChI=1S/C22H18FN5O4/c1-27-11-10-24-21(27)20-22(31)28(17-5-3-2-4-16(17)26-20)12-19(30)32-13-18(29)25-15-8-6-14(23)7-9-15/h2-11H,12-13H2,1H3,(H,25,29). The van der Waals surface area contributed by atoms with Gasteiger partial charge < -0.3 is 14.6 Å². The molecule has 0 fully saturated rings. The lowest BCUT2D eigenvalue weighted by atomic mass is 10.2. The number of halogens is 1. The number of imidazole rings is 1. The summed E-state index contributed by atoms with van der Waals surface area (Å²) in [6.07, 6.45) is 3.23. The third-order valence-corrected chi connectivity index (χ3v) is 4.66. The maximum atomic E-state index is 13.1. The average Bonchev–Trinajstić information content (AvgIpc) is 3.21. The van der Waals surface area contributed by atoms with Crippen LogP contribution in [0, 0.1) is 5.82 Å². The highest BCUT2D eigenvalue weighted by molar-refractivity contribution is 5.92. The van der Waals surface area contributed by atoms with Gasteiger partial charge in [0.25, 0.3) is 11.5 Å². The van der Waals surface area contributed by atoms with Crippen LogP contribution in [-0.4, -0.2) is 37.6 Å². The average molecular weight is 435 g/mol. The molecule has 0 bridgehead atoms. The molecule has 2 aromatic heterocycles. The van der Waals surface area contributed by atoms with E-state index in [-0.39, 0.29) is 5.69 Å². The highest BCUT2D eigenvalue weighted by atomic mass is 19.1. The molecule has 1 N–H and O–H groups in total. The van der Waals surface area contributed by atoms with Crippen LogP contribution in [0.25, 0.3) is 22.6 Å². The Morgan fingerprint density at radius 2 is 1.88 bits per heavy atom. The number of hydrogen-bond donors (Lipinski definition) is 1. The van der Waals surface area contributed by atoms with E-state index in [1.165, 1.54) is 28.8 Å². The summed E-state index contributed by atoms with van der Waals surface area (Å²) in [4.78, 5) is 46.1. The molecule has 0 aliphatic carbocycles. The third-order valence-electron chi connectivity index (χ3n) is 4.66. The second-order valence-electron chi connectivity index (χ2n) is 6.92. The second kappa shape index (κ2) is 8.80. The van der Waals surface area contributed by atoms with E-state index in [4.69, 9.17) is 4.74 Å². The first-order valence-corrected chi connectivity index (χ1v) is 9.60. The minimum atomic E-state index is -0.775. The Morgan fingerprint density at radius 1 is 1.12 bits per heavy atom. The van der Waals surface area contributed by atoms with Gasteiger partial charge in [0.1, 0.15) is 12.4 Å². The number of amides is 1. The number of rotatable bonds is 6. The number of anilines is 1. The number of nitrogens with one attached hydrogen (secondary N) is 1.